The normalized spacial score (nSPS) is 18.4. The van der Waals surface area contributed by atoms with Gasteiger partial charge >= 0.3 is 0 Å². The summed E-state index contributed by atoms with van der Waals surface area (Å²) in [6, 6.07) is 0. The fourth-order valence-electron chi connectivity index (χ4n) is 3.04. The maximum absolute atomic E-state index is 3.71. The Labute approximate surface area is 138 Å². The van der Waals surface area contributed by atoms with Crippen molar-refractivity contribution in [2.24, 2.45) is 5.92 Å². The predicted octanol–water partition coefficient (Wildman–Crippen LogP) is 6.51. The second-order valence-corrected chi connectivity index (χ2v) is 9.89. The van der Waals surface area contributed by atoms with Gasteiger partial charge in [-0.3, -0.25) is 0 Å². The molecule has 0 amide bonds. The quantitative estimate of drug-likeness (QED) is 0.308. The highest BCUT2D eigenvalue weighted by Gasteiger charge is 2.18. The zero-order chi connectivity index (χ0) is 16.9. The summed E-state index contributed by atoms with van der Waals surface area (Å²) in [5.74, 6) is 0.640. The summed E-state index contributed by atoms with van der Waals surface area (Å²) < 4.78 is 0. The molecule has 0 bridgehead atoms. The van der Waals surface area contributed by atoms with Crippen LogP contribution < -0.4 is 0 Å². The van der Waals surface area contributed by atoms with E-state index in [1.807, 2.05) is 6.08 Å². The van der Waals surface area contributed by atoms with Crippen LogP contribution in [-0.4, -0.2) is 11.0 Å². The minimum absolute atomic E-state index is 0.620. The van der Waals surface area contributed by atoms with E-state index in [9.17, 15) is 0 Å². The Balaban J connectivity index is 3.44. The molecule has 0 aromatic heterocycles. The van der Waals surface area contributed by atoms with Crippen molar-refractivity contribution in [1.29, 1.82) is 0 Å². The molecule has 0 aromatic carbocycles. The van der Waals surface area contributed by atoms with Gasteiger partial charge in [0.2, 0.25) is 0 Å². The van der Waals surface area contributed by atoms with Crippen LogP contribution in [0.1, 0.15) is 48.5 Å². The molecule has 1 unspecified atom stereocenters. The Morgan fingerprint density at radius 2 is 1.82 bits per heavy atom. The smallest absolute Gasteiger partial charge is 0.00133 e. The van der Waals surface area contributed by atoms with Gasteiger partial charge in [0.25, 0.3) is 0 Å². The first-order chi connectivity index (χ1) is 10.3. The first-order valence-corrected chi connectivity index (χ1v) is 9.74. The molecule has 1 atom stereocenters. The molecule has 1 aliphatic heterocycles. The van der Waals surface area contributed by atoms with Gasteiger partial charge in [-0.25, -0.2) is 0 Å². The number of rotatable bonds is 5. The molecule has 0 aromatic rings. The lowest BCUT2D eigenvalue weighted by Crippen LogP contribution is -2.10. The molecule has 0 fully saturated rings. The molecule has 0 N–H and O–H groups in total. The Hall–Kier alpha value is -1.22. The van der Waals surface area contributed by atoms with E-state index in [4.69, 9.17) is 0 Å². The maximum Gasteiger partial charge on any atom is -0.00133 e. The van der Waals surface area contributed by atoms with Crippen molar-refractivity contribution >= 4 is 12.8 Å². The van der Waals surface area contributed by atoms with Gasteiger partial charge in [0.05, 0.1) is 0 Å². The Morgan fingerprint density at radius 1 is 1.18 bits per heavy atom. The third-order valence-electron chi connectivity index (χ3n) is 4.02. The van der Waals surface area contributed by atoms with E-state index in [0.717, 1.165) is 11.2 Å². The van der Waals surface area contributed by atoms with Gasteiger partial charge in [0.15, 0.2) is 0 Å². The molecule has 0 saturated heterocycles. The Bertz CT molecular complexity index is 625. The van der Waals surface area contributed by atoms with Crippen LogP contribution >= 0.6 is 7.55 Å². The van der Waals surface area contributed by atoms with Crippen LogP contribution in [0.5, 0.6) is 0 Å². The van der Waals surface area contributed by atoms with E-state index in [0.29, 0.717) is 5.92 Å². The van der Waals surface area contributed by atoms with Gasteiger partial charge < -0.3 is 0 Å². The zero-order valence-corrected chi connectivity index (χ0v) is 16.2. The van der Waals surface area contributed by atoms with Crippen LogP contribution in [0, 0.1) is 5.92 Å². The van der Waals surface area contributed by atoms with Gasteiger partial charge in [-0.05, 0) is 59.7 Å². The van der Waals surface area contributed by atoms with E-state index in [2.05, 4.69) is 79.0 Å². The molecule has 1 heteroatoms. The molecule has 1 aliphatic rings. The minimum atomic E-state index is -0.620. The lowest BCUT2D eigenvalue weighted by atomic mass is 10.0. The first-order valence-electron chi connectivity index (χ1n) is 8.16. The highest BCUT2D eigenvalue weighted by atomic mass is 31.1. The monoisotopic (exact) mass is 314 g/mol. The standard InChI is InChI=1S/C21H31P/c1-9-10-11-17(6)14-18(7)20-12-13-21(15(2)3)22(16(4)5)19(20)8/h9-13,15-16,22H,1H2,2-8H3/b11-10-. The van der Waals surface area contributed by atoms with Crippen LogP contribution in [0.25, 0.3) is 0 Å². The fraction of sp³-hybridized carbons (Fsp3) is 0.429. The van der Waals surface area contributed by atoms with Crippen LogP contribution in [0.15, 0.2) is 64.7 Å². The van der Waals surface area contributed by atoms with E-state index in [1.165, 1.54) is 11.1 Å². The summed E-state index contributed by atoms with van der Waals surface area (Å²) >= 11 is 0. The number of allylic oxidation sites excluding steroid dienone is 8. The van der Waals surface area contributed by atoms with E-state index in [-0.39, 0.29) is 0 Å². The van der Waals surface area contributed by atoms with Crippen molar-refractivity contribution < 1.29 is 0 Å². The van der Waals surface area contributed by atoms with Crippen LogP contribution in [0.4, 0.5) is 0 Å². The highest BCUT2D eigenvalue weighted by molar-refractivity contribution is 7.64. The van der Waals surface area contributed by atoms with E-state index < -0.39 is 7.55 Å². The van der Waals surface area contributed by atoms with Crippen LogP contribution in [0.2, 0.25) is 0 Å². The third-order valence-corrected chi connectivity index (χ3v) is 7.62. The van der Waals surface area contributed by atoms with Crippen molar-refractivity contribution in [3.63, 3.8) is 0 Å². The van der Waals surface area contributed by atoms with Crippen molar-refractivity contribution in [1.82, 2.24) is 0 Å². The fourth-order valence-corrected chi connectivity index (χ4v) is 6.45. The number of hydrogen-bond acceptors (Lipinski definition) is 0. The van der Waals surface area contributed by atoms with Crippen LogP contribution in [0.3, 0.4) is 0 Å². The lowest BCUT2D eigenvalue weighted by molar-refractivity contribution is 0.902. The highest BCUT2D eigenvalue weighted by Crippen LogP contribution is 2.47. The second kappa shape index (κ2) is 8.42. The molecular weight excluding hydrogens is 283 g/mol. The summed E-state index contributed by atoms with van der Waals surface area (Å²) in [7, 11) is -0.620. The maximum atomic E-state index is 3.71. The first kappa shape index (κ1) is 18.8. The second-order valence-electron chi connectivity index (χ2n) is 6.58. The average Bonchev–Trinajstić information content (AvgIpc) is 2.43. The van der Waals surface area contributed by atoms with E-state index in [1.54, 1.807) is 16.7 Å². The third kappa shape index (κ3) is 4.64. The van der Waals surface area contributed by atoms with Gasteiger partial charge in [0, 0.05) is 0 Å². The molecule has 22 heavy (non-hydrogen) atoms. The van der Waals surface area contributed by atoms with Gasteiger partial charge in [-0.15, -0.1) is 5.73 Å². The summed E-state index contributed by atoms with van der Waals surface area (Å²) in [6.07, 6.45) is 10.5. The van der Waals surface area contributed by atoms with Crippen molar-refractivity contribution in [2.75, 3.05) is 0 Å². The molecular formula is C21H31P. The summed E-state index contributed by atoms with van der Waals surface area (Å²) in [5, 5.41) is 3.23. The SMILES string of the molecule is C=C/C=C\C(C)=C=C(C)C1=C(C)[PH](C(C)C)=C(C(C)C)C=C1. The van der Waals surface area contributed by atoms with Crippen molar-refractivity contribution in [2.45, 2.75) is 54.1 Å². The van der Waals surface area contributed by atoms with Gasteiger partial charge in [0.1, 0.15) is 0 Å². The summed E-state index contributed by atoms with van der Waals surface area (Å²) in [6.45, 7) is 19.7. The molecule has 1 rings (SSSR count). The van der Waals surface area contributed by atoms with Crippen LogP contribution in [-0.2, 0) is 0 Å². The van der Waals surface area contributed by atoms with Gasteiger partial charge in [-0.2, -0.15) is 0 Å². The molecule has 120 valence electrons. The zero-order valence-electron chi connectivity index (χ0n) is 15.2. The van der Waals surface area contributed by atoms with Gasteiger partial charge in [-0.1, -0.05) is 72.2 Å². The molecule has 0 radical (unpaired) electrons. The Kier molecular flexibility index (Phi) is 7.21. The van der Waals surface area contributed by atoms with Crippen molar-refractivity contribution in [3.8, 4) is 0 Å². The molecule has 0 aliphatic carbocycles. The topological polar surface area (TPSA) is 0 Å². The Morgan fingerprint density at radius 3 is 2.32 bits per heavy atom. The van der Waals surface area contributed by atoms with E-state index >= 15 is 0 Å². The number of hydrogen-bond donors (Lipinski definition) is 0. The molecule has 1 heterocycles. The van der Waals surface area contributed by atoms with Crippen molar-refractivity contribution in [3.05, 3.63) is 64.7 Å². The minimum Gasteiger partial charge on any atom is -0.114 e. The molecule has 0 nitrogen and oxygen atoms in total. The average molecular weight is 314 g/mol. The molecule has 0 saturated carbocycles. The summed E-state index contributed by atoms with van der Waals surface area (Å²) in [5.41, 5.74) is 8.01. The lowest BCUT2D eigenvalue weighted by Gasteiger charge is -2.26. The largest absolute Gasteiger partial charge is 0.114 e. The summed E-state index contributed by atoms with van der Waals surface area (Å²) in [4.78, 5) is 0. The molecule has 0 spiro atoms. The predicted molar refractivity (Wildman–Crippen MR) is 106 cm³/mol.